The number of para-hydroxylation sites is 1. The normalized spacial score (nSPS) is 24.1. The summed E-state index contributed by atoms with van der Waals surface area (Å²) in [5.41, 5.74) is 18.6. The van der Waals surface area contributed by atoms with Crippen molar-refractivity contribution in [3.8, 4) is 0 Å². The molecule has 1 aromatic carbocycles. The molecule has 0 spiro atoms. The van der Waals surface area contributed by atoms with E-state index in [1.54, 1.807) is 12.1 Å². The Bertz CT molecular complexity index is 493. The molecule has 90 valence electrons. The second-order valence-corrected chi connectivity index (χ2v) is 4.46. The van der Waals surface area contributed by atoms with E-state index in [1.807, 2.05) is 18.2 Å². The van der Waals surface area contributed by atoms with Crippen LogP contribution in [0.4, 0.5) is 10.1 Å². The molecule has 4 heteroatoms. The van der Waals surface area contributed by atoms with Crippen molar-refractivity contribution in [3.63, 3.8) is 0 Å². The Morgan fingerprint density at radius 2 is 1.88 bits per heavy atom. The van der Waals surface area contributed by atoms with Crippen LogP contribution in [0.2, 0.25) is 0 Å². The lowest BCUT2D eigenvalue weighted by Gasteiger charge is -2.30. The molecule has 1 aliphatic carbocycles. The van der Waals surface area contributed by atoms with Gasteiger partial charge in [-0.3, -0.25) is 0 Å². The van der Waals surface area contributed by atoms with Gasteiger partial charge in [-0.05, 0) is 30.2 Å². The summed E-state index contributed by atoms with van der Waals surface area (Å²) in [5, 5.41) is 0. The molecule has 0 fully saturated rings. The number of halogens is 1. The zero-order chi connectivity index (χ0) is 12.5. The van der Waals surface area contributed by atoms with Gasteiger partial charge in [0, 0.05) is 17.8 Å². The van der Waals surface area contributed by atoms with E-state index >= 15 is 0 Å². The van der Waals surface area contributed by atoms with Crippen molar-refractivity contribution in [1.29, 1.82) is 0 Å². The number of nitrogens with two attached hydrogens (primary N) is 3. The fourth-order valence-corrected chi connectivity index (χ4v) is 2.04. The number of hydrogen-bond acceptors (Lipinski definition) is 3. The lowest BCUT2D eigenvalue weighted by Crippen LogP contribution is -2.45. The molecular weight excluding hydrogens is 217 g/mol. The summed E-state index contributed by atoms with van der Waals surface area (Å²) < 4.78 is 13.8. The third-order valence-electron chi connectivity index (χ3n) is 3.00. The van der Waals surface area contributed by atoms with Crippen LogP contribution in [0.25, 0.3) is 0 Å². The average Bonchev–Trinajstić information content (AvgIpc) is 2.27. The molecule has 2 rings (SSSR count). The maximum Gasteiger partial charge on any atom is 0.121 e. The second-order valence-electron chi connectivity index (χ2n) is 4.46. The fourth-order valence-electron chi connectivity index (χ4n) is 2.04. The van der Waals surface area contributed by atoms with Crippen molar-refractivity contribution in [3.05, 3.63) is 53.5 Å². The molecule has 17 heavy (non-hydrogen) atoms. The SMILES string of the molecule is NC1=CC=C(F)C(N)(Cc2ccccc2N)C1. The number of benzene rings is 1. The summed E-state index contributed by atoms with van der Waals surface area (Å²) in [6.45, 7) is 0. The highest BCUT2D eigenvalue weighted by molar-refractivity contribution is 5.48. The first-order valence-corrected chi connectivity index (χ1v) is 5.46. The summed E-state index contributed by atoms with van der Waals surface area (Å²) in [4.78, 5) is 0. The minimum atomic E-state index is -1.08. The Morgan fingerprint density at radius 3 is 2.59 bits per heavy atom. The zero-order valence-corrected chi connectivity index (χ0v) is 9.49. The lowest BCUT2D eigenvalue weighted by molar-refractivity contribution is 0.383. The largest absolute Gasteiger partial charge is 0.402 e. The minimum absolute atomic E-state index is 0.309. The molecule has 0 heterocycles. The van der Waals surface area contributed by atoms with Crippen molar-refractivity contribution in [2.45, 2.75) is 18.4 Å². The quantitative estimate of drug-likeness (QED) is 0.679. The summed E-state index contributed by atoms with van der Waals surface area (Å²) in [6.07, 6.45) is 3.53. The molecule has 1 aromatic rings. The van der Waals surface area contributed by atoms with Crippen LogP contribution in [0, 0.1) is 0 Å². The third-order valence-corrected chi connectivity index (χ3v) is 3.00. The smallest absolute Gasteiger partial charge is 0.121 e. The molecule has 1 atom stereocenters. The van der Waals surface area contributed by atoms with Gasteiger partial charge in [0.05, 0.1) is 5.54 Å². The molecule has 0 aromatic heterocycles. The molecule has 3 nitrogen and oxygen atoms in total. The van der Waals surface area contributed by atoms with E-state index in [4.69, 9.17) is 17.2 Å². The Morgan fingerprint density at radius 1 is 1.18 bits per heavy atom. The van der Waals surface area contributed by atoms with Crippen LogP contribution in [0.1, 0.15) is 12.0 Å². The maximum atomic E-state index is 13.8. The number of allylic oxidation sites excluding steroid dienone is 2. The van der Waals surface area contributed by atoms with E-state index in [0.29, 0.717) is 24.2 Å². The minimum Gasteiger partial charge on any atom is -0.402 e. The van der Waals surface area contributed by atoms with Crippen LogP contribution in [0.15, 0.2) is 47.9 Å². The van der Waals surface area contributed by atoms with Crippen LogP contribution in [0.5, 0.6) is 0 Å². The Balaban J connectivity index is 2.27. The van der Waals surface area contributed by atoms with Crippen molar-refractivity contribution in [2.24, 2.45) is 11.5 Å². The van der Waals surface area contributed by atoms with Gasteiger partial charge in [0.25, 0.3) is 0 Å². The Hall–Kier alpha value is -1.81. The topological polar surface area (TPSA) is 78.1 Å². The third kappa shape index (κ3) is 2.31. The number of hydrogen-bond donors (Lipinski definition) is 3. The lowest BCUT2D eigenvalue weighted by atomic mass is 9.83. The first-order chi connectivity index (χ1) is 8.01. The summed E-state index contributed by atoms with van der Waals surface area (Å²) >= 11 is 0. The van der Waals surface area contributed by atoms with Gasteiger partial charge in [-0.2, -0.15) is 0 Å². The maximum absolute atomic E-state index is 13.8. The van der Waals surface area contributed by atoms with Crippen molar-refractivity contribution >= 4 is 5.69 Å². The van der Waals surface area contributed by atoms with Gasteiger partial charge in [0.2, 0.25) is 0 Å². The first kappa shape index (κ1) is 11.7. The Kier molecular flexibility index (Phi) is 2.90. The molecule has 0 bridgehead atoms. The number of anilines is 1. The highest BCUT2D eigenvalue weighted by Gasteiger charge is 2.33. The van der Waals surface area contributed by atoms with Gasteiger partial charge >= 0.3 is 0 Å². The van der Waals surface area contributed by atoms with Gasteiger partial charge in [-0.15, -0.1) is 0 Å². The average molecular weight is 233 g/mol. The van der Waals surface area contributed by atoms with E-state index in [1.165, 1.54) is 6.08 Å². The van der Waals surface area contributed by atoms with Crippen LogP contribution in [-0.2, 0) is 6.42 Å². The van der Waals surface area contributed by atoms with Crippen LogP contribution in [0.3, 0.4) is 0 Å². The zero-order valence-electron chi connectivity index (χ0n) is 9.49. The van der Waals surface area contributed by atoms with Crippen molar-refractivity contribution in [2.75, 3.05) is 5.73 Å². The van der Waals surface area contributed by atoms with Gasteiger partial charge in [-0.25, -0.2) is 4.39 Å². The molecule has 6 N–H and O–H groups in total. The van der Waals surface area contributed by atoms with Crippen molar-refractivity contribution in [1.82, 2.24) is 0 Å². The summed E-state index contributed by atoms with van der Waals surface area (Å²) in [6, 6.07) is 7.33. The van der Waals surface area contributed by atoms with Crippen LogP contribution in [-0.4, -0.2) is 5.54 Å². The second kappa shape index (κ2) is 4.22. The number of rotatable bonds is 2. The van der Waals surface area contributed by atoms with Gasteiger partial charge in [-0.1, -0.05) is 18.2 Å². The van der Waals surface area contributed by atoms with Crippen molar-refractivity contribution < 1.29 is 4.39 Å². The molecule has 1 unspecified atom stereocenters. The summed E-state index contributed by atoms with van der Waals surface area (Å²) in [7, 11) is 0. The van der Waals surface area contributed by atoms with E-state index in [2.05, 4.69) is 0 Å². The molecule has 0 radical (unpaired) electrons. The predicted molar refractivity (Wildman–Crippen MR) is 67.6 cm³/mol. The molecule has 0 amide bonds. The van der Waals surface area contributed by atoms with E-state index in [9.17, 15) is 4.39 Å². The first-order valence-electron chi connectivity index (χ1n) is 5.46. The monoisotopic (exact) mass is 233 g/mol. The molecule has 1 aliphatic rings. The highest BCUT2D eigenvalue weighted by atomic mass is 19.1. The molecular formula is C13H16FN3. The van der Waals surface area contributed by atoms with Gasteiger partial charge < -0.3 is 17.2 Å². The predicted octanol–water partition coefficient (Wildman–Crippen LogP) is 1.61. The van der Waals surface area contributed by atoms with Gasteiger partial charge in [0.15, 0.2) is 0 Å². The Labute approximate surface area is 99.8 Å². The fraction of sp³-hybridized carbons (Fsp3) is 0.231. The van der Waals surface area contributed by atoms with E-state index in [-0.39, 0.29) is 5.83 Å². The van der Waals surface area contributed by atoms with E-state index in [0.717, 1.165) is 5.56 Å². The molecule has 0 saturated carbocycles. The summed E-state index contributed by atoms with van der Waals surface area (Å²) in [5.74, 6) is -0.352. The standard InChI is InChI=1S/C13H16FN3/c14-12-6-5-10(15)8-13(12,17)7-9-3-1-2-4-11(9)16/h1-6H,7-8,15-17H2. The molecule has 0 saturated heterocycles. The van der Waals surface area contributed by atoms with Crippen LogP contribution >= 0.6 is 0 Å². The highest BCUT2D eigenvalue weighted by Crippen LogP contribution is 2.31. The van der Waals surface area contributed by atoms with Gasteiger partial charge in [0.1, 0.15) is 5.83 Å². The molecule has 0 aliphatic heterocycles. The van der Waals surface area contributed by atoms with Crippen LogP contribution < -0.4 is 17.2 Å². The number of nitrogen functional groups attached to an aromatic ring is 1. The van der Waals surface area contributed by atoms with E-state index < -0.39 is 5.54 Å².